The summed E-state index contributed by atoms with van der Waals surface area (Å²) in [5.74, 6) is 1.60. The van der Waals surface area contributed by atoms with Crippen LogP contribution < -0.4 is 14.2 Å². The molecule has 14 nitrogen and oxygen atoms in total. The second-order valence-corrected chi connectivity index (χ2v) is 16.9. The number of hydrogen-bond donors (Lipinski definition) is 1. The summed E-state index contributed by atoms with van der Waals surface area (Å²) in [4.78, 5) is 15.0. The molecule has 7 rings (SSSR count). The van der Waals surface area contributed by atoms with Gasteiger partial charge in [-0.1, -0.05) is 31.1 Å². The lowest BCUT2D eigenvalue weighted by Crippen LogP contribution is -2.65. The maximum Gasteiger partial charge on any atom is 0.410 e. The van der Waals surface area contributed by atoms with E-state index < -0.39 is 39.8 Å². The highest BCUT2D eigenvalue weighted by Gasteiger charge is 2.67. The van der Waals surface area contributed by atoms with E-state index in [-0.39, 0.29) is 62.2 Å². The van der Waals surface area contributed by atoms with Gasteiger partial charge in [-0.05, 0) is 76.3 Å². The SMILES string of the molecule is Cc1noc(C)c1COc1ccc(C[C@]2(C3COC4OCCC43)[C@@H](CN(CC(C)C)S(=O)(=O)c3ccc4c(c3)OCO4)OC(C)(C)N2C(=O)O)cc1. The van der Waals surface area contributed by atoms with Gasteiger partial charge >= 0.3 is 6.09 Å². The minimum atomic E-state index is -4.11. The van der Waals surface area contributed by atoms with Crippen LogP contribution in [0, 0.1) is 31.6 Å². The topological polar surface area (TPSA) is 159 Å². The fraction of sp³-hybridized carbons (Fsp3) is 0.568. The lowest BCUT2D eigenvalue weighted by atomic mass is 9.69. The summed E-state index contributed by atoms with van der Waals surface area (Å²) in [6.07, 6.45) is -1.62. The van der Waals surface area contributed by atoms with Crippen molar-refractivity contribution in [3.05, 3.63) is 65.0 Å². The molecular weight excluding hydrogens is 694 g/mol. The van der Waals surface area contributed by atoms with Crippen molar-refractivity contribution >= 4 is 16.1 Å². The summed E-state index contributed by atoms with van der Waals surface area (Å²) in [6.45, 7) is 12.1. The lowest BCUT2D eigenvalue weighted by molar-refractivity contribution is -0.0907. The van der Waals surface area contributed by atoms with Crippen LogP contribution in [0.5, 0.6) is 17.2 Å². The lowest BCUT2D eigenvalue weighted by Gasteiger charge is -2.47. The van der Waals surface area contributed by atoms with Gasteiger partial charge in [0.05, 0.1) is 41.0 Å². The molecular formula is C37H47N3O11S. The Labute approximate surface area is 303 Å². The van der Waals surface area contributed by atoms with Crippen molar-refractivity contribution in [3.63, 3.8) is 0 Å². The number of aryl methyl sites for hydroxylation is 2. The summed E-state index contributed by atoms with van der Waals surface area (Å²) in [5.41, 5.74) is -0.0820. The Balaban J connectivity index is 1.28. The van der Waals surface area contributed by atoms with Gasteiger partial charge in [0.1, 0.15) is 23.8 Å². The molecule has 2 aromatic carbocycles. The van der Waals surface area contributed by atoms with E-state index in [0.29, 0.717) is 36.0 Å². The van der Waals surface area contributed by atoms with Gasteiger partial charge < -0.3 is 38.1 Å². The molecule has 52 heavy (non-hydrogen) atoms. The molecule has 0 bridgehead atoms. The number of rotatable bonds is 12. The average molecular weight is 742 g/mol. The van der Waals surface area contributed by atoms with Crippen LogP contribution >= 0.6 is 0 Å². The molecule has 1 aromatic heterocycles. The molecule has 4 aliphatic heterocycles. The summed E-state index contributed by atoms with van der Waals surface area (Å²) >= 11 is 0. The van der Waals surface area contributed by atoms with E-state index >= 15 is 0 Å². The van der Waals surface area contributed by atoms with E-state index in [1.165, 1.54) is 21.3 Å². The monoisotopic (exact) mass is 741 g/mol. The molecule has 15 heteroatoms. The first-order valence-electron chi connectivity index (χ1n) is 17.7. The maximum atomic E-state index is 14.5. The number of carboxylic acid groups (broad SMARTS) is 1. The molecule has 0 radical (unpaired) electrons. The van der Waals surface area contributed by atoms with Crippen LogP contribution in [0.2, 0.25) is 0 Å². The molecule has 0 saturated carbocycles. The van der Waals surface area contributed by atoms with Crippen molar-refractivity contribution in [3.8, 4) is 17.2 Å². The van der Waals surface area contributed by atoms with Crippen molar-refractivity contribution in [1.82, 2.24) is 14.4 Å². The van der Waals surface area contributed by atoms with Crippen LogP contribution in [0.4, 0.5) is 4.79 Å². The van der Waals surface area contributed by atoms with Gasteiger partial charge in [0.15, 0.2) is 17.8 Å². The minimum Gasteiger partial charge on any atom is -0.489 e. The second kappa shape index (κ2) is 13.8. The maximum absolute atomic E-state index is 14.5. The van der Waals surface area contributed by atoms with Gasteiger partial charge in [-0.15, -0.1) is 0 Å². The zero-order chi connectivity index (χ0) is 37.0. The van der Waals surface area contributed by atoms with Crippen molar-refractivity contribution in [2.24, 2.45) is 17.8 Å². The number of benzene rings is 2. The van der Waals surface area contributed by atoms with Gasteiger partial charge in [-0.2, -0.15) is 4.31 Å². The Bertz CT molecular complexity index is 1880. The van der Waals surface area contributed by atoms with Gasteiger partial charge in [-0.25, -0.2) is 13.2 Å². The fourth-order valence-corrected chi connectivity index (χ4v) is 10.0. The summed E-state index contributed by atoms with van der Waals surface area (Å²) in [7, 11) is -4.11. The summed E-state index contributed by atoms with van der Waals surface area (Å²) in [6, 6.07) is 12.1. The van der Waals surface area contributed by atoms with E-state index in [9.17, 15) is 18.3 Å². The highest BCUT2D eigenvalue weighted by molar-refractivity contribution is 7.89. The zero-order valence-electron chi connectivity index (χ0n) is 30.4. The quantitative estimate of drug-likeness (QED) is 0.254. The van der Waals surface area contributed by atoms with Crippen LogP contribution in [0.3, 0.4) is 0 Å². The molecule has 0 aliphatic carbocycles. The highest BCUT2D eigenvalue weighted by Crippen LogP contribution is 2.53. The third kappa shape index (κ3) is 6.50. The molecule has 4 aliphatic rings. The average Bonchev–Trinajstić information content (AvgIpc) is 3.90. The third-order valence-corrected chi connectivity index (χ3v) is 12.5. The van der Waals surface area contributed by atoms with Crippen LogP contribution in [0.1, 0.15) is 56.7 Å². The summed E-state index contributed by atoms with van der Waals surface area (Å²) < 4.78 is 71.6. The molecule has 1 amide bonds. The van der Waals surface area contributed by atoms with Crippen LogP contribution in [-0.4, -0.2) is 90.7 Å². The third-order valence-electron chi connectivity index (χ3n) is 10.7. The van der Waals surface area contributed by atoms with Crippen LogP contribution in [0.15, 0.2) is 51.9 Å². The Morgan fingerprint density at radius 1 is 1.10 bits per heavy atom. The number of carbonyl (C=O) groups is 1. The van der Waals surface area contributed by atoms with Crippen LogP contribution in [0.25, 0.3) is 0 Å². The van der Waals surface area contributed by atoms with E-state index in [1.807, 2.05) is 52.0 Å². The Kier molecular flexibility index (Phi) is 9.70. The van der Waals surface area contributed by atoms with E-state index in [1.54, 1.807) is 19.9 Å². The van der Waals surface area contributed by atoms with Gasteiger partial charge in [0.2, 0.25) is 16.8 Å². The van der Waals surface area contributed by atoms with Crippen LogP contribution in [-0.2, 0) is 37.3 Å². The predicted octanol–water partition coefficient (Wildman–Crippen LogP) is 5.35. The number of nitrogens with zero attached hydrogens (tertiary/aromatic N) is 3. The molecule has 3 unspecified atom stereocenters. The molecule has 282 valence electrons. The van der Waals surface area contributed by atoms with E-state index in [0.717, 1.165) is 16.8 Å². The molecule has 0 spiro atoms. The first-order valence-corrected chi connectivity index (χ1v) is 19.1. The van der Waals surface area contributed by atoms with E-state index in [4.69, 9.17) is 32.9 Å². The highest BCUT2D eigenvalue weighted by atomic mass is 32.2. The molecule has 3 aromatic rings. The van der Waals surface area contributed by atoms with Gasteiger partial charge in [0.25, 0.3) is 0 Å². The second-order valence-electron chi connectivity index (χ2n) is 14.9. The number of fused-ring (bicyclic) bond motifs is 2. The van der Waals surface area contributed by atoms with Gasteiger partial charge in [-0.3, -0.25) is 4.90 Å². The Morgan fingerprint density at radius 3 is 2.54 bits per heavy atom. The molecule has 1 N–H and O–H groups in total. The van der Waals surface area contributed by atoms with Crippen molar-refractivity contribution in [2.45, 2.75) is 89.5 Å². The number of aromatic nitrogens is 1. The molecule has 5 heterocycles. The number of ether oxygens (including phenoxy) is 6. The standard InChI is InChI=1S/C37H47N3O11S/c1-22(2)17-39(52(43,44)27-11-12-31-32(15-27)49-21-48-31)18-33-37(40(35(41)42)36(5,6)50-33,30-20-47-34-28(30)13-14-45-34)16-25-7-9-26(10-8-25)46-19-29-23(3)38-51-24(29)4/h7-12,15,22,28,30,33-34H,13-14,16-21H2,1-6H3,(H,41,42)/t28?,30?,33-,34?,37+/m1/s1. The number of sulfonamides is 1. The number of amides is 1. The normalized spacial score (nSPS) is 26.4. The first kappa shape index (κ1) is 36.5. The summed E-state index contributed by atoms with van der Waals surface area (Å²) in [5, 5.41) is 15.0. The Hall–Kier alpha value is -3.89. The Morgan fingerprint density at radius 2 is 1.85 bits per heavy atom. The molecule has 3 saturated heterocycles. The van der Waals surface area contributed by atoms with E-state index in [2.05, 4.69) is 5.16 Å². The largest absolute Gasteiger partial charge is 0.489 e. The fourth-order valence-electron chi connectivity index (χ4n) is 8.40. The first-order chi connectivity index (χ1) is 24.7. The zero-order valence-corrected chi connectivity index (χ0v) is 31.2. The number of hydrogen-bond acceptors (Lipinski definition) is 11. The molecule has 5 atom stereocenters. The van der Waals surface area contributed by atoms with Crippen molar-refractivity contribution in [2.75, 3.05) is 33.1 Å². The predicted molar refractivity (Wildman–Crippen MR) is 185 cm³/mol. The minimum absolute atomic E-state index is 0.0106. The van der Waals surface area contributed by atoms with Crippen molar-refractivity contribution in [1.29, 1.82) is 0 Å². The van der Waals surface area contributed by atoms with Gasteiger partial charge in [0, 0.05) is 31.0 Å². The molecule has 3 fully saturated rings. The smallest absolute Gasteiger partial charge is 0.410 e. The van der Waals surface area contributed by atoms with Crippen molar-refractivity contribution < 1.29 is 51.3 Å².